The van der Waals surface area contributed by atoms with E-state index in [1.165, 1.54) is 4.90 Å². The Hall–Kier alpha value is -2.96. The van der Waals surface area contributed by atoms with Gasteiger partial charge in [0.25, 0.3) is 5.91 Å². The van der Waals surface area contributed by atoms with Crippen molar-refractivity contribution in [3.63, 3.8) is 0 Å². The molecule has 136 valence electrons. The number of hydrogen-bond donors (Lipinski definition) is 1. The van der Waals surface area contributed by atoms with Crippen LogP contribution in [0.5, 0.6) is 0 Å². The third kappa shape index (κ3) is 3.82. The number of carboxylic acids is 1. The quantitative estimate of drug-likeness (QED) is 0.900. The molecule has 0 spiro atoms. The molecular formula is C19H21N3O4. The largest absolute Gasteiger partial charge is 0.481 e. The van der Waals surface area contributed by atoms with Gasteiger partial charge in [-0.15, -0.1) is 0 Å². The number of piperidine rings is 1. The average molecular weight is 355 g/mol. The maximum atomic E-state index is 12.6. The first kappa shape index (κ1) is 17.8. The molecule has 1 aromatic heterocycles. The lowest BCUT2D eigenvalue weighted by Crippen LogP contribution is -2.45. The molecule has 0 atom stereocenters. The summed E-state index contributed by atoms with van der Waals surface area (Å²) in [7, 11) is 1.57. The number of carboxylic acid groups (broad SMARTS) is 1. The van der Waals surface area contributed by atoms with Crippen LogP contribution in [0.1, 0.15) is 23.3 Å². The molecule has 0 unspecified atom stereocenters. The Balaban J connectivity index is 1.61. The maximum Gasteiger partial charge on any atom is 0.306 e. The van der Waals surface area contributed by atoms with Gasteiger partial charge in [-0.1, -0.05) is 24.3 Å². The normalized spacial score (nSPS) is 15.0. The summed E-state index contributed by atoms with van der Waals surface area (Å²) in [5.74, 6) is -1.69. The van der Waals surface area contributed by atoms with E-state index in [0.29, 0.717) is 31.6 Å². The predicted octanol–water partition coefficient (Wildman–Crippen LogP) is 1.63. The number of likely N-dealkylation sites (tertiary alicyclic amines) is 1. The summed E-state index contributed by atoms with van der Waals surface area (Å²) in [6.07, 6.45) is 0.899. The van der Waals surface area contributed by atoms with Gasteiger partial charge in [-0.25, -0.2) is 4.98 Å². The second kappa shape index (κ2) is 7.51. The zero-order valence-electron chi connectivity index (χ0n) is 14.6. The number of benzene rings is 1. The third-order valence-corrected chi connectivity index (χ3v) is 4.73. The second-order valence-electron chi connectivity index (χ2n) is 6.54. The fourth-order valence-corrected chi connectivity index (χ4v) is 3.13. The van der Waals surface area contributed by atoms with Crippen LogP contribution < -0.4 is 0 Å². The van der Waals surface area contributed by atoms with Crippen LogP contribution in [-0.2, 0) is 9.59 Å². The number of carbonyl (C=O) groups is 3. The van der Waals surface area contributed by atoms with Gasteiger partial charge < -0.3 is 14.9 Å². The van der Waals surface area contributed by atoms with E-state index in [4.69, 9.17) is 5.11 Å². The highest BCUT2D eigenvalue weighted by molar-refractivity contribution is 5.96. The molecule has 1 saturated heterocycles. The molecule has 0 bridgehead atoms. The van der Waals surface area contributed by atoms with Crippen molar-refractivity contribution < 1.29 is 19.5 Å². The monoisotopic (exact) mass is 355 g/mol. The average Bonchev–Trinajstić information content (AvgIpc) is 2.67. The van der Waals surface area contributed by atoms with E-state index in [0.717, 1.165) is 10.9 Å². The Morgan fingerprint density at radius 3 is 2.54 bits per heavy atom. The van der Waals surface area contributed by atoms with Crippen LogP contribution in [0.4, 0.5) is 0 Å². The molecule has 1 aliphatic heterocycles. The van der Waals surface area contributed by atoms with Crippen molar-refractivity contribution in [1.29, 1.82) is 0 Å². The minimum absolute atomic E-state index is 0.0505. The van der Waals surface area contributed by atoms with Gasteiger partial charge in [0.15, 0.2) is 0 Å². The molecule has 3 rings (SSSR count). The number of carbonyl (C=O) groups excluding carboxylic acids is 2. The fraction of sp³-hybridized carbons (Fsp3) is 0.368. The maximum absolute atomic E-state index is 12.6. The van der Waals surface area contributed by atoms with Crippen LogP contribution in [-0.4, -0.2) is 64.4 Å². The molecule has 2 heterocycles. The Morgan fingerprint density at radius 2 is 1.85 bits per heavy atom. The van der Waals surface area contributed by atoms with Crippen molar-refractivity contribution in [3.05, 3.63) is 42.1 Å². The Bertz CT molecular complexity index is 844. The van der Waals surface area contributed by atoms with Gasteiger partial charge in [0.1, 0.15) is 5.69 Å². The van der Waals surface area contributed by atoms with Crippen LogP contribution in [0, 0.1) is 5.92 Å². The van der Waals surface area contributed by atoms with Crippen molar-refractivity contribution in [3.8, 4) is 0 Å². The number of amides is 2. The van der Waals surface area contributed by atoms with E-state index in [1.54, 1.807) is 18.0 Å². The highest BCUT2D eigenvalue weighted by atomic mass is 16.4. The van der Waals surface area contributed by atoms with E-state index < -0.39 is 5.97 Å². The zero-order chi connectivity index (χ0) is 18.7. The van der Waals surface area contributed by atoms with Crippen LogP contribution in [0.25, 0.3) is 10.9 Å². The van der Waals surface area contributed by atoms with Crippen LogP contribution in [0.3, 0.4) is 0 Å². The second-order valence-corrected chi connectivity index (χ2v) is 6.54. The molecule has 0 aliphatic carbocycles. The molecule has 7 heteroatoms. The molecule has 0 radical (unpaired) electrons. The van der Waals surface area contributed by atoms with Gasteiger partial charge in [0.05, 0.1) is 18.0 Å². The summed E-state index contributed by atoms with van der Waals surface area (Å²) in [6, 6.07) is 11.0. The SMILES string of the molecule is CN(CC(=O)N1CCC(C(=O)O)CC1)C(=O)c1ccc2ccccc2n1. The number of aliphatic carboxylic acids is 1. The minimum Gasteiger partial charge on any atom is -0.481 e. The first-order chi connectivity index (χ1) is 12.5. The summed E-state index contributed by atoms with van der Waals surface area (Å²) < 4.78 is 0. The van der Waals surface area contributed by atoms with Crippen molar-refractivity contribution in [2.45, 2.75) is 12.8 Å². The van der Waals surface area contributed by atoms with Gasteiger partial charge in [-0.2, -0.15) is 0 Å². The molecular weight excluding hydrogens is 334 g/mol. The lowest BCUT2D eigenvalue weighted by Gasteiger charge is -2.31. The number of aromatic nitrogens is 1. The van der Waals surface area contributed by atoms with Gasteiger partial charge in [-0.3, -0.25) is 14.4 Å². The Morgan fingerprint density at radius 1 is 1.15 bits per heavy atom. The Labute approximate surface area is 151 Å². The number of nitrogens with zero attached hydrogens (tertiary/aromatic N) is 3. The van der Waals surface area contributed by atoms with E-state index in [1.807, 2.05) is 30.3 Å². The summed E-state index contributed by atoms with van der Waals surface area (Å²) >= 11 is 0. The highest BCUT2D eigenvalue weighted by Crippen LogP contribution is 2.18. The summed E-state index contributed by atoms with van der Waals surface area (Å²) in [5.41, 5.74) is 1.03. The van der Waals surface area contributed by atoms with Crippen LogP contribution >= 0.6 is 0 Å². The summed E-state index contributed by atoms with van der Waals surface area (Å²) in [6.45, 7) is 0.767. The van der Waals surface area contributed by atoms with E-state index >= 15 is 0 Å². The van der Waals surface area contributed by atoms with E-state index in [9.17, 15) is 14.4 Å². The standard InChI is InChI=1S/C19H21N3O4/c1-21(12-17(23)22-10-8-14(9-11-22)19(25)26)18(24)16-7-6-13-4-2-3-5-15(13)20-16/h2-7,14H,8-12H2,1H3,(H,25,26). The zero-order valence-corrected chi connectivity index (χ0v) is 14.6. The van der Waals surface area contributed by atoms with Crippen LogP contribution in [0.15, 0.2) is 36.4 Å². The van der Waals surface area contributed by atoms with Crippen molar-refractivity contribution in [2.24, 2.45) is 5.92 Å². The molecule has 0 saturated carbocycles. The number of pyridine rings is 1. The van der Waals surface area contributed by atoms with Gasteiger partial charge in [0, 0.05) is 25.5 Å². The van der Waals surface area contributed by atoms with E-state index in [2.05, 4.69) is 4.98 Å². The summed E-state index contributed by atoms with van der Waals surface area (Å²) in [4.78, 5) is 43.3. The Kier molecular flexibility index (Phi) is 5.16. The first-order valence-corrected chi connectivity index (χ1v) is 8.57. The smallest absolute Gasteiger partial charge is 0.306 e. The lowest BCUT2D eigenvalue weighted by atomic mass is 9.97. The molecule has 2 aromatic rings. The van der Waals surface area contributed by atoms with Crippen molar-refractivity contribution in [2.75, 3.05) is 26.7 Å². The van der Waals surface area contributed by atoms with Gasteiger partial charge in [-0.05, 0) is 25.0 Å². The van der Waals surface area contributed by atoms with Gasteiger partial charge >= 0.3 is 5.97 Å². The molecule has 1 N–H and O–H groups in total. The lowest BCUT2D eigenvalue weighted by molar-refractivity contribution is -0.145. The highest BCUT2D eigenvalue weighted by Gasteiger charge is 2.28. The molecule has 1 fully saturated rings. The van der Waals surface area contributed by atoms with Gasteiger partial charge in [0.2, 0.25) is 5.91 Å². The molecule has 1 aliphatic rings. The minimum atomic E-state index is -0.813. The first-order valence-electron chi connectivity index (χ1n) is 8.57. The molecule has 7 nitrogen and oxygen atoms in total. The van der Waals surface area contributed by atoms with E-state index in [-0.39, 0.29) is 24.3 Å². The number of rotatable bonds is 4. The van der Waals surface area contributed by atoms with Crippen molar-refractivity contribution >= 4 is 28.7 Å². The number of hydrogen-bond acceptors (Lipinski definition) is 4. The molecule has 2 amide bonds. The number of fused-ring (bicyclic) bond motifs is 1. The number of likely N-dealkylation sites (N-methyl/N-ethyl adjacent to an activating group) is 1. The number of para-hydroxylation sites is 1. The summed E-state index contributed by atoms with van der Waals surface area (Å²) in [5, 5.41) is 9.97. The van der Waals surface area contributed by atoms with Crippen molar-refractivity contribution in [1.82, 2.24) is 14.8 Å². The van der Waals surface area contributed by atoms with Crippen LogP contribution in [0.2, 0.25) is 0 Å². The predicted molar refractivity (Wildman–Crippen MR) is 95.6 cm³/mol. The fourth-order valence-electron chi connectivity index (χ4n) is 3.13. The topological polar surface area (TPSA) is 90.8 Å². The molecule has 1 aromatic carbocycles. The third-order valence-electron chi connectivity index (χ3n) is 4.73. The molecule has 26 heavy (non-hydrogen) atoms.